The summed E-state index contributed by atoms with van der Waals surface area (Å²) in [5.74, 6) is -1.75. The molecule has 1 aromatic heterocycles. The summed E-state index contributed by atoms with van der Waals surface area (Å²) in [4.78, 5) is 65.1. The van der Waals surface area contributed by atoms with Crippen molar-refractivity contribution in [1.82, 2.24) is 25.1 Å². The van der Waals surface area contributed by atoms with Gasteiger partial charge in [-0.2, -0.15) is 0 Å². The molecule has 1 atom stereocenters. The second-order valence-electron chi connectivity index (χ2n) is 15.1. The summed E-state index contributed by atoms with van der Waals surface area (Å²) in [6, 6.07) is 11.5. The van der Waals surface area contributed by atoms with Gasteiger partial charge >= 0.3 is 6.09 Å². The Hall–Kier alpha value is -5.90. The first-order valence-electron chi connectivity index (χ1n) is 19.9. The van der Waals surface area contributed by atoms with Crippen LogP contribution in [-0.4, -0.2) is 107 Å². The van der Waals surface area contributed by atoms with Crippen molar-refractivity contribution in [2.75, 3.05) is 59.7 Å². The molecule has 58 heavy (non-hydrogen) atoms. The van der Waals surface area contributed by atoms with Crippen LogP contribution < -0.4 is 25.8 Å². The van der Waals surface area contributed by atoms with Crippen molar-refractivity contribution in [3.05, 3.63) is 85.7 Å². The maximum atomic E-state index is 15.2. The quantitative estimate of drug-likeness (QED) is 0.168. The third-order valence-electron chi connectivity index (χ3n) is 11.4. The molecule has 4 heterocycles. The first-order valence-corrected chi connectivity index (χ1v) is 19.9. The van der Waals surface area contributed by atoms with E-state index >= 15 is 4.39 Å². The molecule has 0 spiro atoms. The molecule has 4 fully saturated rings. The zero-order chi connectivity index (χ0) is 40.8. The highest BCUT2D eigenvalue weighted by Gasteiger charge is 2.33. The highest BCUT2D eigenvalue weighted by atomic mass is 19.1. The van der Waals surface area contributed by atoms with E-state index in [1.54, 1.807) is 41.3 Å². The number of ether oxygens (including phenoxy) is 1. The van der Waals surface area contributed by atoms with Gasteiger partial charge in [0.2, 0.25) is 17.8 Å². The third-order valence-corrected chi connectivity index (χ3v) is 11.4. The number of anilines is 4. The number of piperidine rings is 2. The first-order chi connectivity index (χ1) is 28.1. The number of halogens is 2. The van der Waals surface area contributed by atoms with Gasteiger partial charge in [-0.3, -0.25) is 29.5 Å². The minimum absolute atomic E-state index is 0.0241. The number of nitrogens with zero attached hydrogens (tertiary/aromatic N) is 6. The Morgan fingerprint density at radius 2 is 1.66 bits per heavy atom. The molecule has 3 aliphatic heterocycles. The van der Waals surface area contributed by atoms with Gasteiger partial charge in [0.15, 0.2) is 5.82 Å². The van der Waals surface area contributed by atoms with Gasteiger partial charge in [0.25, 0.3) is 5.91 Å². The average molecular weight is 798 g/mol. The largest absolute Gasteiger partial charge is 0.446 e. The zero-order valence-electron chi connectivity index (χ0n) is 32.4. The summed E-state index contributed by atoms with van der Waals surface area (Å²) in [6.07, 6.45) is 8.53. The summed E-state index contributed by atoms with van der Waals surface area (Å²) in [5, 5.41) is 8.64. The Morgan fingerprint density at radius 1 is 0.897 bits per heavy atom. The fourth-order valence-electron chi connectivity index (χ4n) is 8.21. The van der Waals surface area contributed by atoms with Gasteiger partial charge in [-0.05, 0) is 81.4 Å². The normalized spacial score (nSPS) is 21.8. The number of piperazine rings is 1. The van der Waals surface area contributed by atoms with Crippen LogP contribution in [0.15, 0.2) is 74.1 Å². The summed E-state index contributed by atoms with van der Waals surface area (Å²) < 4.78 is 36.1. The van der Waals surface area contributed by atoms with Crippen LogP contribution in [0.3, 0.4) is 0 Å². The Bertz CT molecular complexity index is 2030. The van der Waals surface area contributed by atoms with Crippen molar-refractivity contribution < 1.29 is 32.7 Å². The van der Waals surface area contributed by atoms with Crippen LogP contribution >= 0.6 is 0 Å². The number of rotatable bonds is 11. The van der Waals surface area contributed by atoms with E-state index in [9.17, 15) is 23.6 Å². The molecule has 7 rings (SSSR count). The predicted molar refractivity (Wildman–Crippen MR) is 216 cm³/mol. The molecule has 4 amide bonds. The van der Waals surface area contributed by atoms with Crippen molar-refractivity contribution in [2.45, 2.75) is 75.6 Å². The van der Waals surface area contributed by atoms with Crippen LogP contribution in [0.2, 0.25) is 0 Å². The number of hydrogen-bond acceptors (Lipinski definition) is 11. The van der Waals surface area contributed by atoms with E-state index < -0.39 is 17.8 Å². The monoisotopic (exact) mass is 797 g/mol. The topological polar surface area (TPSA) is 152 Å². The number of carbonyl (C=O) groups excluding carboxylic acids is 4. The highest BCUT2D eigenvalue weighted by molar-refractivity contribution is 6.03. The average Bonchev–Trinajstić information content (AvgIpc) is 3.23. The molecule has 1 unspecified atom stereocenters. The van der Waals surface area contributed by atoms with E-state index in [-0.39, 0.29) is 53.9 Å². The van der Waals surface area contributed by atoms with E-state index in [2.05, 4.69) is 44.0 Å². The zero-order valence-corrected chi connectivity index (χ0v) is 32.4. The molecule has 3 aromatic rings. The molecule has 4 aliphatic rings. The Labute approximate surface area is 336 Å². The smallest absolute Gasteiger partial charge is 0.410 e. The van der Waals surface area contributed by atoms with Crippen molar-refractivity contribution in [1.29, 1.82) is 0 Å². The number of carbonyl (C=O) groups is 4. The molecular formula is C42H49F2N9O5. The molecular weight excluding hydrogens is 749 g/mol. The number of benzene rings is 2. The van der Waals surface area contributed by atoms with Gasteiger partial charge in [0.1, 0.15) is 23.7 Å². The Balaban J connectivity index is 0.827. The second kappa shape index (κ2) is 18.1. The standard InChI is InChI=1S/C42H49F2N9O5/c1-3-38(55)53(4-2)31-7-5-6-27(24-31)39-34(44)26-45-41(49-39)47-28-16-18-52(19-17-28)42(57)58-32-11-9-30(10-12-32)50-20-22-51(23-21-50)36-14-8-29(25-33(36)43)46-35-13-15-37(54)48-40(35)56/h3-8,14,24-26,28,30,32,35,46H,1-2,9-13,15-23H2,(H,45,47,49)(H,48,54,56). The van der Waals surface area contributed by atoms with Crippen molar-refractivity contribution >= 4 is 46.8 Å². The molecule has 3 N–H and O–H groups in total. The van der Waals surface area contributed by atoms with Crippen LogP contribution in [0.1, 0.15) is 51.4 Å². The van der Waals surface area contributed by atoms with E-state index in [1.807, 2.05) is 4.90 Å². The lowest BCUT2D eigenvalue weighted by molar-refractivity contribution is -0.133. The van der Waals surface area contributed by atoms with Gasteiger partial charge < -0.3 is 25.2 Å². The van der Waals surface area contributed by atoms with Crippen molar-refractivity contribution in [3.8, 4) is 11.3 Å². The van der Waals surface area contributed by atoms with Crippen LogP contribution in [0, 0.1) is 11.6 Å². The molecule has 1 aliphatic carbocycles. The minimum Gasteiger partial charge on any atom is -0.446 e. The van der Waals surface area contributed by atoms with E-state index in [1.165, 1.54) is 23.2 Å². The maximum Gasteiger partial charge on any atom is 0.410 e. The molecule has 1 saturated carbocycles. The number of hydrogen-bond donors (Lipinski definition) is 3. The summed E-state index contributed by atoms with van der Waals surface area (Å²) >= 11 is 0. The van der Waals surface area contributed by atoms with Gasteiger partial charge in [-0.1, -0.05) is 25.3 Å². The number of likely N-dealkylation sites (tertiary alicyclic amines) is 1. The predicted octanol–water partition coefficient (Wildman–Crippen LogP) is 5.45. The molecule has 2 aromatic carbocycles. The van der Waals surface area contributed by atoms with E-state index in [4.69, 9.17) is 4.74 Å². The Morgan fingerprint density at radius 3 is 2.34 bits per heavy atom. The molecule has 306 valence electrons. The number of imide groups is 1. The van der Waals surface area contributed by atoms with E-state index in [0.717, 1.165) is 45.0 Å². The fourth-order valence-corrected chi connectivity index (χ4v) is 8.21. The number of aromatic nitrogens is 2. The van der Waals surface area contributed by atoms with Gasteiger partial charge in [-0.15, -0.1) is 0 Å². The lowest BCUT2D eigenvalue weighted by Gasteiger charge is -2.42. The molecule has 16 heteroatoms. The fraction of sp³-hybridized carbons (Fsp3) is 0.429. The molecule has 0 bridgehead atoms. The third kappa shape index (κ3) is 9.44. The number of amides is 4. The Kier molecular flexibility index (Phi) is 12.6. The second-order valence-corrected chi connectivity index (χ2v) is 15.1. The number of nitrogens with one attached hydrogen (secondary N) is 3. The van der Waals surface area contributed by atoms with Gasteiger partial charge in [0, 0.05) is 80.9 Å². The van der Waals surface area contributed by atoms with Crippen LogP contribution in [0.25, 0.3) is 11.3 Å². The maximum absolute atomic E-state index is 15.2. The molecule has 14 nitrogen and oxygen atoms in total. The highest BCUT2D eigenvalue weighted by Crippen LogP contribution is 2.31. The van der Waals surface area contributed by atoms with Crippen molar-refractivity contribution in [2.24, 2.45) is 0 Å². The summed E-state index contributed by atoms with van der Waals surface area (Å²) in [6.45, 7) is 11.2. The molecule has 3 saturated heterocycles. The lowest BCUT2D eigenvalue weighted by Crippen LogP contribution is -2.52. The van der Waals surface area contributed by atoms with Crippen molar-refractivity contribution in [3.63, 3.8) is 0 Å². The molecule has 0 radical (unpaired) electrons. The summed E-state index contributed by atoms with van der Waals surface area (Å²) in [5.41, 5.74) is 2.08. The van der Waals surface area contributed by atoms with Gasteiger partial charge in [-0.25, -0.2) is 23.5 Å². The first kappa shape index (κ1) is 40.3. The van der Waals surface area contributed by atoms with E-state index in [0.29, 0.717) is 74.1 Å². The van der Waals surface area contributed by atoms with Crippen LogP contribution in [0.4, 0.5) is 36.6 Å². The van der Waals surface area contributed by atoms with Gasteiger partial charge in [0.05, 0.1) is 11.9 Å². The summed E-state index contributed by atoms with van der Waals surface area (Å²) in [7, 11) is 0. The minimum atomic E-state index is -0.601. The SMILES string of the molecule is C=CC(=O)N(C=C)c1cccc(-c2nc(NC3CCN(C(=O)OC4CCC(N5CCN(c6ccc(NC7CCC(=O)NC7=O)cc6F)CC5)CC4)CC3)ncc2F)c1. The van der Waals surface area contributed by atoms with Crippen LogP contribution in [0.5, 0.6) is 0 Å². The lowest BCUT2D eigenvalue weighted by atomic mass is 9.91. The van der Waals surface area contributed by atoms with Crippen LogP contribution in [-0.2, 0) is 19.1 Å².